The second kappa shape index (κ2) is 5.96. The lowest BCUT2D eigenvalue weighted by molar-refractivity contribution is -0.385. The van der Waals surface area contributed by atoms with Gasteiger partial charge in [0.05, 0.1) is 17.0 Å². The van der Waals surface area contributed by atoms with Gasteiger partial charge in [0, 0.05) is 12.5 Å². The van der Waals surface area contributed by atoms with Crippen molar-refractivity contribution in [1.82, 2.24) is 5.32 Å². The van der Waals surface area contributed by atoms with Crippen LogP contribution in [0.15, 0.2) is 42.5 Å². The average molecular weight is 314 g/mol. The molecular formula is C16H14N2O5. The maximum absolute atomic E-state index is 12.1. The molecule has 2 aromatic carbocycles. The molecule has 0 saturated heterocycles. The number of phenolic OH excluding ortho intramolecular Hbond substituents is 1. The van der Waals surface area contributed by atoms with E-state index in [1.165, 1.54) is 12.1 Å². The number of nitro groups is 1. The summed E-state index contributed by atoms with van der Waals surface area (Å²) in [6.07, 6.45) is 0.481. The van der Waals surface area contributed by atoms with Gasteiger partial charge in [-0.3, -0.25) is 14.9 Å². The molecule has 0 unspecified atom stereocenters. The minimum atomic E-state index is -0.733. The summed E-state index contributed by atoms with van der Waals surface area (Å²) in [5.74, 6) is -0.415. The largest absolute Gasteiger partial charge is 0.502 e. The van der Waals surface area contributed by atoms with Crippen LogP contribution in [0.5, 0.6) is 11.5 Å². The fourth-order valence-electron chi connectivity index (χ4n) is 2.53. The molecule has 1 aliphatic heterocycles. The van der Waals surface area contributed by atoms with Gasteiger partial charge >= 0.3 is 5.69 Å². The number of rotatable bonds is 4. The van der Waals surface area contributed by atoms with Crippen LogP contribution in [0.1, 0.15) is 15.9 Å². The van der Waals surface area contributed by atoms with Gasteiger partial charge in [0.15, 0.2) is 0 Å². The molecule has 1 heterocycles. The van der Waals surface area contributed by atoms with Crippen LogP contribution in [0, 0.1) is 10.1 Å². The number of benzene rings is 2. The first-order chi connectivity index (χ1) is 11.1. The Balaban J connectivity index is 1.65. The van der Waals surface area contributed by atoms with E-state index in [1.54, 1.807) is 0 Å². The van der Waals surface area contributed by atoms with Gasteiger partial charge in [-0.05, 0) is 17.7 Å². The number of carbonyl (C=O) groups excluding carboxylic acids is 1. The summed E-state index contributed by atoms with van der Waals surface area (Å²) >= 11 is 0. The third-order valence-corrected chi connectivity index (χ3v) is 3.66. The van der Waals surface area contributed by atoms with Crippen molar-refractivity contribution in [3.05, 3.63) is 63.7 Å². The van der Waals surface area contributed by atoms with Crippen molar-refractivity contribution < 1.29 is 19.6 Å². The molecule has 0 fully saturated rings. The van der Waals surface area contributed by atoms with E-state index >= 15 is 0 Å². The van der Waals surface area contributed by atoms with Crippen LogP contribution in [0.2, 0.25) is 0 Å². The Hall–Kier alpha value is -3.09. The first-order valence-electron chi connectivity index (χ1n) is 7.05. The standard InChI is InChI=1S/C16H14N2O5/c19-15-12(5-3-6-13(15)18(21)22)16(20)17-9-11-8-10-4-1-2-7-14(10)23-11/h1-7,11,19H,8-9H2,(H,17,20)/t11-/m1/s1. The molecule has 118 valence electrons. The molecule has 3 rings (SSSR count). The van der Waals surface area contributed by atoms with Crippen molar-refractivity contribution in [2.45, 2.75) is 12.5 Å². The van der Waals surface area contributed by atoms with Gasteiger partial charge in [-0.15, -0.1) is 0 Å². The van der Waals surface area contributed by atoms with Gasteiger partial charge in [-0.2, -0.15) is 0 Å². The van der Waals surface area contributed by atoms with E-state index in [1.807, 2.05) is 24.3 Å². The third-order valence-electron chi connectivity index (χ3n) is 3.66. The predicted molar refractivity (Wildman–Crippen MR) is 81.7 cm³/mol. The lowest BCUT2D eigenvalue weighted by atomic mass is 10.1. The summed E-state index contributed by atoms with van der Waals surface area (Å²) < 4.78 is 5.70. The van der Waals surface area contributed by atoms with E-state index in [-0.39, 0.29) is 18.2 Å². The van der Waals surface area contributed by atoms with Crippen molar-refractivity contribution in [2.75, 3.05) is 6.54 Å². The van der Waals surface area contributed by atoms with E-state index in [0.29, 0.717) is 6.42 Å². The molecule has 1 amide bonds. The number of nitrogens with one attached hydrogen (secondary N) is 1. The Labute approximate surface area is 131 Å². The highest BCUT2D eigenvalue weighted by molar-refractivity contribution is 5.98. The molecule has 7 heteroatoms. The van der Waals surface area contributed by atoms with E-state index in [4.69, 9.17) is 4.74 Å². The van der Waals surface area contributed by atoms with Gasteiger partial charge in [0.25, 0.3) is 5.91 Å². The third kappa shape index (κ3) is 2.94. The number of para-hydroxylation sites is 2. The number of amides is 1. The highest BCUT2D eigenvalue weighted by atomic mass is 16.6. The number of nitro benzene ring substituents is 1. The topological polar surface area (TPSA) is 102 Å². The lowest BCUT2D eigenvalue weighted by Gasteiger charge is -2.12. The maximum atomic E-state index is 12.1. The summed E-state index contributed by atoms with van der Waals surface area (Å²) in [5, 5.41) is 23.2. The van der Waals surface area contributed by atoms with Crippen LogP contribution in [0.4, 0.5) is 5.69 Å². The van der Waals surface area contributed by atoms with Crippen LogP contribution in [0.3, 0.4) is 0 Å². The molecule has 1 atom stereocenters. The Morgan fingerprint density at radius 3 is 2.83 bits per heavy atom. The minimum Gasteiger partial charge on any atom is -0.502 e. The van der Waals surface area contributed by atoms with Crippen molar-refractivity contribution in [3.63, 3.8) is 0 Å². The first-order valence-corrected chi connectivity index (χ1v) is 7.05. The van der Waals surface area contributed by atoms with Gasteiger partial charge in [-0.25, -0.2) is 0 Å². The molecule has 0 bridgehead atoms. The number of fused-ring (bicyclic) bond motifs is 1. The lowest BCUT2D eigenvalue weighted by Crippen LogP contribution is -2.34. The fourth-order valence-corrected chi connectivity index (χ4v) is 2.53. The van der Waals surface area contributed by atoms with Gasteiger partial charge in [-0.1, -0.05) is 24.3 Å². The molecule has 23 heavy (non-hydrogen) atoms. The summed E-state index contributed by atoms with van der Waals surface area (Å²) in [4.78, 5) is 22.2. The Bertz CT molecular complexity index is 750. The van der Waals surface area contributed by atoms with Crippen LogP contribution in [0.25, 0.3) is 0 Å². The number of carbonyl (C=O) groups is 1. The zero-order chi connectivity index (χ0) is 16.4. The minimum absolute atomic E-state index is 0.130. The summed E-state index contributed by atoms with van der Waals surface area (Å²) in [6.45, 7) is 0.246. The second-order valence-electron chi connectivity index (χ2n) is 5.19. The maximum Gasteiger partial charge on any atom is 0.311 e. The molecule has 7 nitrogen and oxygen atoms in total. The quantitative estimate of drug-likeness (QED) is 0.664. The highest BCUT2D eigenvalue weighted by Gasteiger charge is 2.25. The normalized spacial score (nSPS) is 15.6. The van der Waals surface area contributed by atoms with Crippen LogP contribution in [-0.2, 0) is 6.42 Å². The van der Waals surface area contributed by atoms with Crippen LogP contribution >= 0.6 is 0 Å². The van der Waals surface area contributed by atoms with Gasteiger partial charge in [0.1, 0.15) is 11.9 Å². The average Bonchev–Trinajstić information content (AvgIpc) is 2.95. The number of nitrogens with zero attached hydrogens (tertiary/aromatic N) is 1. The molecule has 2 aromatic rings. The number of hydrogen-bond donors (Lipinski definition) is 2. The first kappa shape index (κ1) is 14.8. The Morgan fingerprint density at radius 1 is 1.30 bits per heavy atom. The van der Waals surface area contributed by atoms with Crippen molar-refractivity contribution in [3.8, 4) is 11.5 Å². The van der Waals surface area contributed by atoms with Crippen molar-refractivity contribution >= 4 is 11.6 Å². The van der Waals surface area contributed by atoms with E-state index in [9.17, 15) is 20.0 Å². The summed E-state index contributed by atoms with van der Waals surface area (Å²) in [5.41, 5.74) is 0.446. The molecular weight excluding hydrogens is 300 g/mol. The Kier molecular flexibility index (Phi) is 3.84. The number of phenols is 1. The number of hydrogen-bond acceptors (Lipinski definition) is 5. The van der Waals surface area contributed by atoms with E-state index in [0.717, 1.165) is 17.4 Å². The van der Waals surface area contributed by atoms with Crippen molar-refractivity contribution in [2.24, 2.45) is 0 Å². The summed E-state index contributed by atoms with van der Waals surface area (Å²) in [6, 6.07) is 11.5. The smallest absolute Gasteiger partial charge is 0.311 e. The molecule has 0 aromatic heterocycles. The molecule has 2 N–H and O–H groups in total. The Morgan fingerprint density at radius 2 is 2.09 bits per heavy atom. The second-order valence-corrected chi connectivity index (χ2v) is 5.19. The van der Waals surface area contributed by atoms with Gasteiger partial charge < -0.3 is 15.2 Å². The fraction of sp³-hybridized carbons (Fsp3) is 0.188. The number of aromatic hydroxyl groups is 1. The molecule has 0 saturated carbocycles. The number of ether oxygens (including phenoxy) is 1. The van der Waals surface area contributed by atoms with E-state index < -0.39 is 22.3 Å². The van der Waals surface area contributed by atoms with Crippen LogP contribution in [-0.4, -0.2) is 28.6 Å². The van der Waals surface area contributed by atoms with E-state index in [2.05, 4.69) is 5.32 Å². The highest BCUT2D eigenvalue weighted by Crippen LogP contribution is 2.30. The molecule has 0 spiro atoms. The predicted octanol–water partition coefficient (Wildman–Crippen LogP) is 2.03. The zero-order valence-corrected chi connectivity index (χ0v) is 12.1. The molecule has 0 aliphatic carbocycles. The monoisotopic (exact) mass is 314 g/mol. The molecule has 0 radical (unpaired) electrons. The molecule has 1 aliphatic rings. The van der Waals surface area contributed by atoms with Crippen LogP contribution < -0.4 is 10.1 Å². The summed E-state index contributed by atoms with van der Waals surface area (Å²) in [7, 11) is 0. The van der Waals surface area contributed by atoms with Crippen molar-refractivity contribution in [1.29, 1.82) is 0 Å². The van der Waals surface area contributed by atoms with Gasteiger partial charge in [0.2, 0.25) is 5.75 Å². The zero-order valence-electron chi connectivity index (χ0n) is 12.1. The SMILES string of the molecule is O=C(NC[C@H]1Cc2ccccc2O1)c1cccc([N+](=O)[O-])c1O.